The van der Waals surface area contributed by atoms with Crippen molar-refractivity contribution in [3.8, 4) is 0 Å². The van der Waals surface area contributed by atoms with E-state index in [0.717, 1.165) is 31.4 Å². The lowest BCUT2D eigenvalue weighted by atomic mass is 10.1. The molecule has 23 heavy (non-hydrogen) atoms. The van der Waals surface area contributed by atoms with Gasteiger partial charge in [-0.25, -0.2) is 4.79 Å². The summed E-state index contributed by atoms with van der Waals surface area (Å²) in [7, 11) is 0. The molecule has 0 saturated heterocycles. The highest BCUT2D eigenvalue weighted by molar-refractivity contribution is 5.98. The smallest absolute Gasteiger partial charge is 0.415 e. The van der Waals surface area contributed by atoms with Gasteiger partial charge in [0.1, 0.15) is 5.60 Å². The van der Waals surface area contributed by atoms with Gasteiger partial charge in [-0.15, -0.1) is 0 Å². The van der Waals surface area contributed by atoms with Gasteiger partial charge >= 0.3 is 6.09 Å². The minimum Gasteiger partial charge on any atom is -0.443 e. The summed E-state index contributed by atoms with van der Waals surface area (Å²) in [6.45, 7) is 5.58. The number of benzene rings is 1. The van der Waals surface area contributed by atoms with Gasteiger partial charge in [0, 0.05) is 17.3 Å². The molecule has 1 aliphatic rings. The minimum absolute atomic E-state index is 0.0428. The van der Waals surface area contributed by atoms with Crippen LogP contribution in [0, 0.1) is 0 Å². The number of anilines is 1. The molecular formula is C17H25N3O3. The molecule has 0 spiro atoms. The number of hydrogen-bond donors (Lipinski definition) is 2. The van der Waals surface area contributed by atoms with Crippen LogP contribution in [0.15, 0.2) is 29.4 Å². The Kier molecular flexibility index (Phi) is 5.13. The number of nitrogens with zero attached hydrogens (tertiary/aromatic N) is 2. The molecule has 6 heteroatoms. The molecule has 0 heterocycles. The summed E-state index contributed by atoms with van der Waals surface area (Å²) in [4.78, 5) is 14.4. The molecular weight excluding hydrogens is 294 g/mol. The van der Waals surface area contributed by atoms with Gasteiger partial charge in [-0.1, -0.05) is 18.0 Å². The van der Waals surface area contributed by atoms with Crippen LogP contribution in [0.5, 0.6) is 0 Å². The lowest BCUT2D eigenvalue weighted by Gasteiger charge is -2.31. The van der Waals surface area contributed by atoms with Crippen LogP contribution in [0.1, 0.15) is 52.0 Å². The zero-order chi connectivity index (χ0) is 17.0. The summed E-state index contributed by atoms with van der Waals surface area (Å²) >= 11 is 0. The van der Waals surface area contributed by atoms with Crippen molar-refractivity contribution in [1.82, 2.24) is 0 Å². The van der Waals surface area contributed by atoms with E-state index in [-0.39, 0.29) is 18.0 Å². The maximum absolute atomic E-state index is 12.6. The van der Waals surface area contributed by atoms with E-state index in [0.29, 0.717) is 5.56 Å². The minimum atomic E-state index is -0.540. The second kappa shape index (κ2) is 6.89. The van der Waals surface area contributed by atoms with Crippen molar-refractivity contribution in [3.05, 3.63) is 29.8 Å². The van der Waals surface area contributed by atoms with Crippen molar-refractivity contribution in [3.63, 3.8) is 0 Å². The molecule has 0 aromatic heterocycles. The molecule has 1 aliphatic carbocycles. The van der Waals surface area contributed by atoms with Crippen LogP contribution in [-0.4, -0.2) is 28.8 Å². The number of amides is 1. The van der Waals surface area contributed by atoms with E-state index in [4.69, 9.17) is 15.7 Å². The highest BCUT2D eigenvalue weighted by atomic mass is 16.6. The van der Waals surface area contributed by atoms with Crippen LogP contribution in [-0.2, 0) is 4.74 Å². The second-order valence-electron chi connectivity index (χ2n) is 6.82. The standard InChI is InChI=1S/C17H25N3O3/c1-17(2,3)23-16(21)20(13-6-4-5-7-13)14-10-8-12(9-11-14)15(18)19-22/h8-11,13,22H,4-7H2,1-3H3,(H2,18,19). The molecule has 1 fully saturated rings. The lowest BCUT2D eigenvalue weighted by Crippen LogP contribution is -2.42. The third kappa shape index (κ3) is 4.37. The van der Waals surface area contributed by atoms with E-state index in [2.05, 4.69) is 5.16 Å². The molecule has 0 unspecified atom stereocenters. The predicted octanol–water partition coefficient (Wildman–Crippen LogP) is 3.47. The Labute approximate surface area is 136 Å². The van der Waals surface area contributed by atoms with Gasteiger partial charge in [-0.3, -0.25) is 4.90 Å². The number of amidine groups is 1. The number of carbonyl (C=O) groups excluding carboxylic acids is 1. The first-order valence-electron chi connectivity index (χ1n) is 7.92. The normalized spacial score (nSPS) is 16.4. The number of oxime groups is 1. The van der Waals surface area contributed by atoms with Crippen LogP contribution in [0.25, 0.3) is 0 Å². The molecule has 2 rings (SSSR count). The Morgan fingerprint density at radius 3 is 2.30 bits per heavy atom. The summed E-state index contributed by atoms with van der Waals surface area (Å²) in [5, 5.41) is 11.7. The molecule has 0 bridgehead atoms. The molecule has 1 saturated carbocycles. The van der Waals surface area contributed by atoms with Crippen molar-refractivity contribution >= 4 is 17.6 Å². The van der Waals surface area contributed by atoms with E-state index < -0.39 is 5.60 Å². The molecule has 126 valence electrons. The van der Waals surface area contributed by atoms with Crippen molar-refractivity contribution < 1.29 is 14.7 Å². The van der Waals surface area contributed by atoms with Crippen molar-refractivity contribution in [2.24, 2.45) is 10.9 Å². The van der Waals surface area contributed by atoms with Crippen LogP contribution in [0.3, 0.4) is 0 Å². The average Bonchev–Trinajstić information content (AvgIpc) is 2.99. The van der Waals surface area contributed by atoms with Crippen LogP contribution >= 0.6 is 0 Å². The average molecular weight is 319 g/mol. The fourth-order valence-corrected chi connectivity index (χ4v) is 2.79. The third-order valence-corrected chi connectivity index (χ3v) is 3.83. The summed E-state index contributed by atoms with van der Waals surface area (Å²) in [6, 6.07) is 7.22. The number of hydrogen-bond acceptors (Lipinski definition) is 4. The highest BCUT2D eigenvalue weighted by Gasteiger charge is 2.31. The van der Waals surface area contributed by atoms with E-state index in [1.807, 2.05) is 20.8 Å². The maximum Gasteiger partial charge on any atom is 0.415 e. The Morgan fingerprint density at radius 2 is 1.83 bits per heavy atom. The molecule has 1 amide bonds. The van der Waals surface area contributed by atoms with Gasteiger partial charge in [0.2, 0.25) is 0 Å². The topological polar surface area (TPSA) is 88.2 Å². The Bertz CT molecular complexity index is 570. The number of ether oxygens (including phenoxy) is 1. The van der Waals surface area contributed by atoms with Gasteiger partial charge in [-0.05, 0) is 57.9 Å². The summed E-state index contributed by atoms with van der Waals surface area (Å²) < 4.78 is 5.56. The first-order chi connectivity index (χ1) is 10.8. The highest BCUT2D eigenvalue weighted by Crippen LogP contribution is 2.30. The lowest BCUT2D eigenvalue weighted by molar-refractivity contribution is 0.0566. The maximum atomic E-state index is 12.6. The summed E-state index contributed by atoms with van der Waals surface area (Å²) in [6.07, 6.45) is 3.85. The monoisotopic (exact) mass is 319 g/mol. The summed E-state index contributed by atoms with van der Waals surface area (Å²) in [5.74, 6) is 0.0428. The van der Waals surface area contributed by atoms with E-state index in [9.17, 15) is 4.79 Å². The molecule has 0 aliphatic heterocycles. The first-order valence-corrected chi connectivity index (χ1v) is 7.92. The van der Waals surface area contributed by atoms with Gasteiger partial charge in [0.25, 0.3) is 0 Å². The van der Waals surface area contributed by atoms with Crippen molar-refractivity contribution in [2.75, 3.05) is 4.90 Å². The van der Waals surface area contributed by atoms with Gasteiger partial charge < -0.3 is 15.7 Å². The second-order valence-corrected chi connectivity index (χ2v) is 6.82. The molecule has 1 aromatic rings. The van der Waals surface area contributed by atoms with Crippen LogP contribution in [0.4, 0.5) is 10.5 Å². The number of rotatable bonds is 3. The van der Waals surface area contributed by atoms with Crippen molar-refractivity contribution in [1.29, 1.82) is 0 Å². The predicted molar refractivity (Wildman–Crippen MR) is 89.9 cm³/mol. The zero-order valence-corrected chi connectivity index (χ0v) is 14.0. The third-order valence-electron chi connectivity index (χ3n) is 3.83. The van der Waals surface area contributed by atoms with Crippen molar-refractivity contribution in [2.45, 2.75) is 58.1 Å². The summed E-state index contributed by atoms with van der Waals surface area (Å²) in [5.41, 5.74) is 6.41. The number of nitrogens with two attached hydrogens (primary N) is 1. The van der Waals surface area contributed by atoms with Crippen LogP contribution < -0.4 is 10.6 Å². The molecule has 3 N–H and O–H groups in total. The molecule has 0 radical (unpaired) electrons. The molecule has 0 atom stereocenters. The Balaban J connectivity index is 2.28. The molecule has 1 aromatic carbocycles. The Morgan fingerprint density at radius 1 is 1.26 bits per heavy atom. The largest absolute Gasteiger partial charge is 0.443 e. The fourth-order valence-electron chi connectivity index (χ4n) is 2.79. The van der Waals surface area contributed by atoms with Gasteiger partial charge in [0.05, 0.1) is 0 Å². The van der Waals surface area contributed by atoms with Gasteiger partial charge in [0.15, 0.2) is 5.84 Å². The van der Waals surface area contributed by atoms with E-state index in [1.165, 1.54) is 0 Å². The number of carbonyl (C=O) groups is 1. The SMILES string of the molecule is CC(C)(C)OC(=O)N(c1ccc(/C(N)=N/O)cc1)C1CCCC1. The zero-order valence-electron chi connectivity index (χ0n) is 14.0. The quantitative estimate of drug-likeness (QED) is 0.386. The van der Waals surface area contributed by atoms with Gasteiger partial charge in [-0.2, -0.15) is 0 Å². The van der Waals surface area contributed by atoms with E-state index in [1.54, 1.807) is 29.2 Å². The van der Waals surface area contributed by atoms with E-state index >= 15 is 0 Å². The Hall–Kier alpha value is -2.24. The first kappa shape index (κ1) is 17.1. The van der Waals surface area contributed by atoms with Crippen LogP contribution in [0.2, 0.25) is 0 Å². The molecule has 6 nitrogen and oxygen atoms in total. The fraction of sp³-hybridized carbons (Fsp3) is 0.529.